The summed E-state index contributed by atoms with van der Waals surface area (Å²) >= 11 is 0. The van der Waals surface area contributed by atoms with Gasteiger partial charge in [-0.05, 0) is 50.4 Å². The highest BCUT2D eigenvalue weighted by molar-refractivity contribution is 5.05. The predicted octanol–water partition coefficient (Wildman–Crippen LogP) is 3.54. The third-order valence-corrected chi connectivity index (χ3v) is 4.67. The lowest BCUT2D eigenvalue weighted by Crippen LogP contribution is -2.33. The Morgan fingerprint density at radius 3 is 2.71 bits per heavy atom. The van der Waals surface area contributed by atoms with Crippen LogP contribution in [-0.4, -0.2) is 42.2 Å². The molecule has 0 N–H and O–H groups in total. The van der Waals surface area contributed by atoms with Crippen molar-refractivity contribution >= 4 is 0 Å². The van der Waals surface area contributed by atoms with Crippen LogP contribution in [0.4, 0.5) is 0 Å². The van der Waals surface area contributed by atoms with E-state index in [1.165, 1.54) is 31.4 Å². The molecule has 0 radical (unpaired) electrons. The minimum Gasteiger partial charge on any atom is -0.377 e. The van der Waals surface area contributed by atoms with Crippen molar-refractivity contribution in [3.63, 3.8) is 0 Å². The second-order valence-electron chi connectivity index (χ2n) is 6.01. The van der Waals surface area contributed by atoms with Crippen LogP contribution in [0, 0.1) is 5.92 Å². The van der Waals surface area contributed by atoms with Gasteiger partial charge in [-0.25, -0.2) is 0 Å². The summed E-state index contributed by atoms with van der Waals surface area (Å²) in [6.45, 7) is 8.58. The lowest BCUT2D eigenvalue weighted by molar-refractivity contribution is -0.0185. The van der Waals surface area contributed by atoms with Crippen LogP contribution >= 0.6 is 0 Å². The quantitative estimate of drug-likeness (QED) is 0.732. The molecule has 1 aliphatic rings. The summed E-state index contributed by atoms with van der Waals surface area (Å²) in [5.74, 6) is 0.644. The summed E-state index contributed by atoms with van der Waals surface area (Å²) < 4.78 is 6.23. The van der Waals surface area contributed by atoms with Crippen molar-refractivity contribution < 1.29 is 4.74 Å². The van der Waals surface area contributed by atoms with Gasteiger partial charge in [0.2, 0.25) is 0 Å². The Morgan fingerprint density at radius 1 is 1.19 bits per heavy atom. The molecular formula is C18H30N2O. The Hall–Kier alpha value is -0.930. The topological polar surface area (TPSA) is 25.4 Å². The van der Waals surface area contributed by atoms with E-state index in [9.17, 15) is 0 Å². The Bertz CT molecular complexity index is 378. The number of hydrogen-bond acceptors (Lipinski definition) is 3. The summed E-state index contributed by atoms with van der Waals surface area (Å²) in [7, 11) is 0. The van der Waals surface area contributed by atoms with Gasteiger partial charge in [0.15, 0.2) is 0 Å². The third-order valence-electron chi connectivity index (χ3n) is 4.67. The third kappa shape index (κ3) is 5.40. The first kappa shape index (κ1) is 16.4. The van der Waals surface area contributed by atoms with Crippen molar-refractivity contribution in [3.05, 3.63) is 30.1 Å². The van der Waals surface area contributed by atoms with Gasteiger partial charge in [0.05, 0.1) is 12.7 Å². The highest BCUT2D eigenvalue weighted by Crippen LogP contribution is 2.29. The zero-order chi connectivity index (χ0) is 14.9. The molecule has 2 atom stereocenters. The van der Waals surface area contributed by atoms with Crippen LogP contribution in [-0.2, 0) is 11.2 Å². The van der Waals surface area contributed by atoms with Gasteiger partial charge in [-0.2, -0.15) is 0 Å². The summed E-state index contributed by atoms with van der Waals surface area (Å²) in [4.78, 5) is 6.91. The molecule has 0 bridgehead atoms. The molecule has 1 saturated carbocycles. The number of pyridine rings is 1. The van der Waals surface area contributed by atoms with E-state index in [1.807, 2.05) is 12.3 Å². The fourth-order valence-electron chi connectivity index (χ4n) is 3.29. The number of ether oxygens (including phenoxy) is 1. The van der Waals surface area contributed by atoms with Crippen LogP contribution < -0.4 is 0 Å². The summed E-state index contributed by atoms with van der Waals surface area (Å²) in [6.07, 6.45) is 8.55. The smallest absolute Gasteiger partial charge is 0.0607 e. The van der Waals surface area contributed by atoms with Gasteiger partial charge in [0, 0.05) is 18.4 Å². The van der Waals surface area contributed by atoms with Gasteiger partial charge in [-0.3, -0.25) is 4.98 Å². The van der Waals surface area contributed by atoms with Crippen molar-refractivity contribution in [1.29, 1.82) is 0 Å². The molecule has 0 aromatic carbocycles. The average molecular weight is 290 g/mol. The molecule has 118 valence electrons. The standard InChI is InChI=1S/C18H30N2O/c1-3-20(4-2)13-14-21-18-11-6-5-9-16(18)15-17-10-7-8-12-19-17/h7-8,10,12,16,18H,3-6,9,11,13-15H2,1-2H3/t16-,18-/m1/s1. The van der Waals surface area contributed by atoms with Gasteiger partial charge >= 0.3 is 0 Å². The van der Waals surface area contributed by atoms with Crippen molar-refractivity contribution in [3.8, 4) is 0 Å². The fourth-order valence-corrected chi connectivity index (χ4v) is 3.29. The van der Waals surface area contributed by atoms with Crippen LogP contribution in [0.25, 0.3) is 0 Å². The second kappa shape index (κ2) is 9.16. The van der Waals surface area contributed by atoms with Gasteiger partial charge in [0.25, 0.3) is 0 Å². The van der Waals surface area contributed by atoms with E-state index in [0.717, 1.165) is 32.7 Å². The Labute approximate surface area is 129 Å². The lowest BCUT2D eigenvalue weighted by atomic mass is 9.83. The Balaban J connectivity index is 1.81. The maximum Gasteiger partial charge on any atom is 0.0607 e. The minimum atomic E-state index is 0.427. The summed E-state index contributed by atoms with van der Waals surface area (Å²) in [5.41, 5.74) is 1.21. The van der Waals surface area contributed by atoms with Crippen molar-refractivity contribution in [2.75, 3.05) is 26.2 Å². The molecule has 0 amide bonds. The van der Waals surface area contributed by atoms with Crippen LogP contribution in [0.5, 0.6) is 0 Å². The molecule has 1 aromatic rings. The average Bonchev–Trinajstić information content (AvgIpc) is 2.54. The maximum absolute atomic E-state index is 6.23. The molecule has 0 spiro atoms. The number of likely N-dealkylation sites (N-methyl/N-ethyl adjacent to an activating group) is 1. The number of hydrogen-bond donors (Lipinski definition) is 0. The minimum absolute atomic E-state index is 0.427. The van der Waals surface area contributed by atoms with Crippen LogP contribution in [0.2, 0.25) is 0 Å². The lowest BCUT2D eigenvalue weighted by Gasteiger charge is -2.32. The molecule has 21 heavy (non-hydrogen) atoms. The van der Waals surface area contributed by atoms with E-state index in [0.29, 0.717) is 12.0 Å². The number of rotatable bonds is 8. The Kier molecular flexibility index (Phi) is 7.17. The molecule has 0 aliphatic heterocycles. The molecule has 0 unspecified atom stereocenters. The number of nitrogens with zero attached hydrogens (tertiary/aromatic N) is 2. The Morgan fingerprint density at radius 2 is 2.00 bits per heavy atom. The van der Waals surface area contributed by atoms with Crippen LogP contribution in [0.1, 0.15) is 45.2 Å². The zero-order valence-corrected chi connectivity index (χ0v) is 13.6. The van der Waals surface area contributed by atoms with E-state index in [1.54, 1.807) is 0 Å². The number of aromatic nitrogens is 1. The molecule has 2 rings (SSSR count). The van der Waals surface area contributed by atoms with Gasteiger partial charge < -0.3 is 9.64 Å². The molecule has 3 nitrogen and oxygen atoms in total. The molecule has 1 aromatic heterocycles. The summed E-state index contributed by atoms with van der Waals surface area (Å²) in [6, 6.07) is 6.21. The van der Waals surface area contributed by atoms with E-state index in [4.69, 9.17) is 4.74 Å². The highest BCUT2D eigenvalue weighted by atomic mass is 16.5. The first-order valence-corrected chi connectivity index (χ1v) is 8.57. The summed E-state index contributed by atoms with van der Waals surface area (Å²) in [5, 5.41) is 0. The molecule has 0 saturated heterocycles. The molecule has 1 fully saturated rings. The maximum atomic E-state index is 6.23. The highest BCUT2D eigenvalue weighted by Gasteiger charge is 2.26. The van der Waals surface area contributed by atoms with E-state index >= 15 is 0 Å². The van der Waals surface area contributed by atoms with Crippen molar-refractivity contribution in [2.24, 2.45) is 5.92 Å². The van der Waals surface area contributed by atoms with Crippen molar-refractivity contribution in [1.82, 2.24) is 9.88 Å². The van der Waals surface area contributed by atoms with Gasteiger partial charge in [0.1, 0.15) is 0 Å². The monoisotopic (exact) mass is 290 g/mol. The first-order valence-electron chi connectivity index (χ1n) is 8.57. The zero-order valence-electron chi connectivity index (χ0n) is 13.6. The van der Waals surface area contributed by atoms with Gasteiger partial charge in [-0.1, -0.05) is 32.8 Å². The van der Waals surface area contributed by atoms with E-state index < -0.39 is 0 Å². The SMILES string of the molecule is CCN(CC)CCO[C@@H]1CCCC[C@@H]1Cc1ccccn1. The van der Waals surface area contributed by atoms with E-state index in [2.05, 4.69) is 35.9 Å². The largest absolute Gasteiger partial charge is 0.377 e. The van der Waals surface area contributed by atoms with Crippen LogP contribution in [0.3, 0.4) is 0 Å². The van der Waals surface area contributed by atoms with Crippen molar-refractivity contribution in [2.45, 2.75) is 52.1 Å². The molecule has 1 heterocycles. The molecular weight excluding hydrogens is 260 g/mol. The van der Waals surface area contributed by atoms with E-state index in [-0.39, 0.29) is 0 Å². The molecule has 1 aliphatic carbocycles. The predicted molar refractivity (Wildman–Crippen MR) is 87.4 cm³/mol. The fraction of sp³-hybridized carbons (Fsp3) is 0.722. The van der Waals surface area contributed by atoms with Gasteiger partial charge in [-0.15, -0.1) is 0 Å². The van der Waals surface area contributed by atoms with Crippen LogP contribution in [0.15, 0.2) is 24.4 Å². The second-order valence-corrected chi connectivity index (χ2v) is 6.01. The first-order chi connectivity index (χ1) is 10.3. The molecule has 3 heteroatoms. The normalized spacial score (nSPS) is 22.6.